The summed E-state index contributed by atoms with van der Waals surface area (Å²) in [5.41, 5.74) is 4.89. The number of rotatable bonds is 8. The molecular weight excluding hydrogens is 374 g/mol. The first kappa shape index (κ1) is 19.7. The average Bonchev–Trinajstić information content (AvgIpc) is 3.15. The van der Waals surface area contributed by atoms with E-state index in [0.29, 0.717) is 13.0 Å². The number of carbonyl (C=O) groups is 1. The highest BCUT2D eigenvalue weighted by atomic mass is 16.1. The Labute approximate surface area is 175 Å². The second-order valence-corrected chi connectivity index (χ2v) is 7.49. The third-order valence-electron chi connectivity index (χ3n) is 5.36. The fourth-order valence-corrected chi connectivity index (χ4v) is 3.79. The number of amides is 1. The number of H-pyrrole nitrogens is 2. The van der Waals surface area contributed by atoms with E-state index in [2.05, 4.69) is 39.6 Å². The molecule has 0 aliphatic heterocycles. The molecule has 0 fully saturated rings. The van der Waals surface area contributed by atoms with Crippen molar-refractivity contribution in [3.05, 3.63) is 106 Å². The number of imidazole rings is 1. The Balaban J connectivity index is 1.32. The van der Waals surface area contributed by atoms with Gasteiger partial charge in [0, 0.05) is 18.9 Å². The smallest absolute Gasteiger partial charge is 0.323 e. The van der Waals surface area contributed by atoms with E-state index in [1.807, 2.05) is 54.6 Å². The lowest BCUT2D eigenvalue weighted by Crippen LogP contribution is -2.28. The normalized spacial score (nSPS) is 11.1. The minimum absolute atomic E-state index is 0.0583. The van der Waals surface area contributed by atoms with Gasteiger partial charge in [-0.05, 0) is 41.7 Å². The van der Waals surface area contributed by atoms with Crippen LogP contribution >= 0.6 is 0 Å². The van der Waals surface area contributed by atoms with Gasteiger partial charge < -0.3 is 15.3 Å². The highest BCUT2D eigenvalue weighted by Crippen LogP contribution is 2.23. The number of aromatic amines is 2. The predicted molar refractivity (Wildman–Crippen MR) is 120 cm³/mol. The summed E-state index contributed by atoms with van der Waals surface area (Å²) < 4.78 is 0. The number of aryl methyl sites for hydroxylation is 1. The van der Waals surface area contributed by atoms with Crippen LogP contribution in [0.25, 0.3) is 11.0 Å². The van der Waals surface area contributed by atoms with Gasteiger partial charge in [-0.25, -0.2) is 4.79 Å². The monoisotopic (exact) mass is 399 g/mol. The Morgan fingerprint density at radius 1 is 0.833 bits per heavy atom. The van der Waals surface area contributed by atoms with Crippen LogP contribution in [0.4, 0.5) is 0 Å². The minimum atomic E-state index is -0.201. The number of carbonyl (C=O) groups excluding carboxylic acids is 1. The molecule has 0 bridgehead atoms. The Bertz CT molecular complexity index is 1120. The van der Waals surface area contributed by atoms with Crippen LogP contribution in [-0.2, 0) is 11.2 Å². The van der Waals surface area contributed by atoms with E-state index in [1.54, 1.807) is 0 Å². The molecule has 0 saturated carbocycles. The molecule has 0 radical (unpaired) electrons. The lowest BCUT2D eigenvalue weighted by atomic mass is 9.91. The van der Waals surface area contributed by atoms with Gasteiger partial charge in [-0.2, -0.15) is 0 Å². The Hall–Kier alpha value is -3.60. The van der Waals surface area contributed by atoms with Gasteiger partial charge in [-0.15, -0.1) is 0 Å². The van der Waals surface area contributed by atoms with Crippen molar-refractivity contribution in [1.29, 1.82) is 0 Å². The first-order chi connectivity index (χ1) is 14.7. The van der Waals surface area contributed by atoms with Crippen molar-refractivity contribution in [2.24, 2.45) is 0 Å². The number of nitrogens with one attached hydrogen (secondary N) is 3. The molecule has 0 aliphatic carbocycles. The predicted octanol–water partition coefficient (Wildman–Crippen LogP) is 4.13. The summed E-state index contributed by atoms with van der Waals surface area (Å²) in [5, 5.41) is 3.11. The maximum Gasteiger partial charge on any atom is 0.323 e. The van der Waals surface area contributed by atoms with Crippen LogP contribution in [-0.4, -0.2) is 22.4 Å². The van der Waals surface area contributed by atoms with E-state index >= 15 is 0 Å². The Morgan fingerprint density at radius 2 is 1.47 bits per heavy atom. The second-order valence-electron chi connectivity index (χ2n) is 7.49. The number of aromatic nitrogens is 2. The van der Waals surface area contributed by atoms with Crippen LogP contribution in [0.5, 0.6) is 0 Å². The van der Waals surface area contributed by atoms with E-state index < -0.39 is 0 Å². The van der Waals surface area contributed by atoms with Crippen LogP contribution in [0.3, 0.4) is 0 Å². The average molecular weight is 399 g/mol. The molecule has 1 aromatic heterocycles. The summed E-state index contributed by atoms with van der Waals surface area (Å²) in [7, 11) is 0. The molecule has 3 N–H and O–H groups in total. The fourth-order valence-electron chi connectivity index (χ4n) is 3.79. The van der Waals surface area contributed by atoms with Crippen LogP contribution in [0.1, 0.15) is 35.4 Å². The van der Waals surface area contributed by atoms with Crippen molar-refractivity contribution in [2.45, 2.75) is 25.2 Å². The van der Waals surface area contributed by atoms with E-state index in [-0.39, 0.29) is 17.5 Å². The van der Waals surface area contributed by atoms with E-state index in [0.717, 1.165) is 29.4 Å². The number of fused-ring (bicyclic) bond motifs is 1. The third-order valence-corrected chi connectivity index (χ3v) is 5.36. The highest BCUT2D eigenvalue weighted by Gasteiger charge is 2.15. The maximum absolute atomic E-state index is 12.5. The molecule has 1 amide bonds. The number of benzene rings is 3. The van der Waals surface area contributed by atoms with E-state index in [9.17, 15) is 9.59 Å². The third kappa shape index (κ3) is 4.87. The molecular formula is C25H25N3O2. The molecule has 4 aromatic rings. The summed E-state index contributed by atoms with van der Waals surface area (Å²) in [4.78, 5) is 29.3. The molecule has 4 rings (SSSR count). The van der Waals surface area contributed by atoms with Crippen LogP contribution in [0, 0.1) is 0 Å². The Kier molecular flexibility index (Phi) is 6.09. The molecule has 0 aliphatic rings. The SMILES string of the molecule is O=C(CCCc1ccc2[nH]c(=O)[nH]c2c1)NCC(c1ccccc1)c1ccccc1. The van der Waals surface area contributed by atoms with Gasteiger partial charge in [0.25, 0.3) is 0 Å². The Morgan fingerprint density at radius 3 is 2.13 bits per heavy atom. The van der Waals surface area contributed by atoms with E-state index in [4.69, 9.17) is 0 Å². The fraction of sp³-hybridized carbons (Fsp3) is 0.200. The largest absolute Gasteiger partial charge is 0.355 e. The molecule has 30 heavy (non-hydrogen) atoms. The topological polar surface area (TPSA) is 77.8 Å². The molecule has 5 nitrogen and oxygen atoms in total. The first-order valence-corrected chi connectivity index (χ1v) is 10.3. The molecule has 0 unspecified atom stereocenters. The number of hydrogen-bond donors (Lipinski definition) is 3. The second kappa shape index (κ2) is 9.27. The zero-order chi connectivity index (χ0) is 20.8. The number of hydrogen-bond acceptors (Lipinski definition) is 2. The highest BCUT2D eigenvalue weighted by molar-refractivity contribution is 5.76. The van der Waals surface area contributed by atoms with Crippen molar-refractivity contribution < 1.29 is 4.79 Å². The van der Waals surface area contributed by atoms with Crippen molar-refractivity contribution >= 4 is 16.9 Å². The molecule has 3 aromatic carbocycles. The quantitative estimate of drug-likeness (QED) is 0.417. The summed E-state index contributed by atoms with van der Waals surface area (Å²) in [6.07, 6.45) is 2.02. The van der Waals surface area contributed by atoms with Gasteiger partial charge in [-0.3, -0.25) is 4.79 Å². The summed E-state index contributed by atoms with van der Waals surface area (Å²) >= 11 is 0. The maximum atomic E-state index is 12.5. The molecule has 152 valence electrons. The molecule has 0 spiro atoms. The van der Waals surface area contributed by atoms with E-state index in [1.165, 1.54) is 11.1 Å². The zero-order valence-electron chi connectivity index (χ0n) is 16.7. The lowest BCUT2D eigenvalue weighted by Gasteiger charge is -2.19. The van der Waals surface area contributed by atoms with Gasteiger partial charge in [0.1, 0.15) is 0 Å². The summed E-state index contributed by atoms with van der Waals surface area (Å²) in [6.45, 7) is 0.573. The first-order valence-electron chi connectivity index (χ1n) is 10.3. The van der Waals surface area contributed by atoms with Crippen molar-refractivity contribution in [2.75, 3.05) is 6.54 Å². The van der Waals surface area contributed by atoms with Gasteiger partial charge in [-0.1, -0.05) is 66.7 Å². The van der Waals surface area contributed by atoms with Gasteiger partial charge in [0.15, 0.2) is 0 Å². The van der Waals surface area contributed by atoms with Crippen LogP contribution < -0.4 is 11.0 Å². The van der Waals surface area contributed by atoms with Crippen molar-refractivity contribution in [3.8, 4) is 0 Å². The van der Waals surface area contributed by atoms with Crippen LogP contribution in [0.2, 0.25) is 0 Å². The zero-order valence-corrected chi connectivity index (χ0v) is 16.7. The molecule has 1 heterocycles. The summed E-state index contributed by atoms with van der Waals surface area (Å²) in [5.74, 6) is 0.187. The standard InChI is InChI=1S/C25H25N3O2/c29-24(13-7-8-18-14-15-22-23(16-18)28-25(30)27-22)26-17-21(19-9-3-1-4-10-19)20-11-5-2-6-12-20/h1-6,9-12,14-16,21H,7-8,13,17H2,(H,26,29)(H2,27,28,30). The molecule has 0 saturated heterocycles. The van der Waals surface area contributed by atoms with Crippen molar-refractivity contribution in [3.63, 3.8) is 0 Å². The van der Waals surface area contributed by atoms with Crippen LogP contribution in [0.15, 0.2) is 83.7 Å². The summed E-state index contributed by atoms with van der Waals surface area (Å²) in [6, 6.07) is 26.4. The minimum Gasteiger partial charge on any atom is -0.355 e. The molecule has 0 atom stereocenters. The molecule has 5 heteroatoms. The van der Waals surface area contributed by atoms with Gasteiger partial charge >= 0.3 is 5.69 Å². The van der Waals surface area contributed by atoms with Gasteiger partial charge in [0.2, 0.25) is 5.91 Å². The van der Waals surface area contributed by atoms with Crippen molar-refractivity contribution in [1.82, 2.24) is 15.3 Å². The van der Waals surface area contributed by atoms with Gasteiger partial charge in [0.05, 0.1) is 11.0 Å². The lowest BCUT2D eigenvalue weighted by molar-refractivity contribution is -0.121.